The molecule has 1 aromatic carbocycles. The maximum atomic E-state index is 12.8. The number of morpholine rings is 1. The van der Waals surface area contributed by atoms with Crippen LogP contribution in [0.15, 0.2) is 41.4 Å². The molecule has 10 heteroatoms. The molecule has 174 valence electrons. The molecule has 2 aromatic rings. The minimum absolute atomic E-state index is 0.0823. The first-order chi connectivity index (χ1) is 15.1. The van der Waals surface area contributed by atoms with E-state index in [4.69, 9.17) is 9.47 Å². The summed E-state index contributed by atoms with van der Waals surface area (Å²) in [5, 5.41) is 2.84. The molecule has 9 nitrogen and oxygen atoms in total. The monoisotopic (exact) mass is 462 g/mol. The van der Waals surface area contributed by atoms with Gasteiger partial charge in [-0.25, -0.2) is 18.1 Å². The first kappa shape index (κ1) is 24.0. The number of rotatable bonds is 7. The first-order valence-corrected chi connectivity index (χ1v) is 11.9. The summed E-state index contributed by atoms with van der Waals surface area (Å²) >= 11 is 0. The van der Waals surface area contributed by atoms with E-state index in [0.29, 0.717) is 13.2 Å². The maximum Gasteiger partial charge on any atom is 0.251 e. The molecule has 1 amide bonds. The van der Waals surface area contributed by atoms with Crippen molar-refractivity contribution in [2.24, 2.45) is 0 Å². The number of hydrogen-bond acceptors (Lipinski definition) is 7. The van der Waals surface area contributed by atoms with Crippen LogP contribution in [-0.4, -0.2) is 58.3 Å². The fraction of sp³-hybridized carbons (Fsp3) is 0.455. The average Bonchev–Trinajstić information content (AvgIpc) is 2.76. The molecule has 2 N–H and O–H groups in total. The van der Waals surface area contributed by atoms with Crippen LogP contribution in [0.3, 0.4) is 0 Å². The molecule has 3 rings (SSSR count). The quantitative estimate of drug-likeness (QED) is 0.647. The zero-order valence-electron chi connectivity index (χ0n) is 18.8. The molecule has 1 fully saturated rings. The van der Waals surface area contributed by atoms with Crippen molar-refractivity contribution in [1.29, 1.82) is 0 Å². The number of anilines is 1. The van der Waals surface area contributed by atoms with Crippen LogP contribution in [0.1, 0.15) is 36.7 Å². The van der Waals surface area contributed by atoms with Gasteiger partial charge in [0.1, 0.15) is 16.5 Å². The molecule has 0 radical (unpaired) electrons. The predicted molar refractivity (Wildman–Crippen MR) is 122 cm³/mol. The standard InChI is InChI=1S/C22H30N4O5S/c1-22(2,3)25-32(28,29)19-14-17(5-6-18(19)30-4)21(27)24-15-16-7-8-23-20(13-16)26-9-11-31-12-10-26/h5-8,13-14,25H,9-12,15H2,1-4H3,(H,24,27). The van der Waals surface area contributed by atoms with E-state index in [9.17, 15) is 13.2 Å². The van der Waals surface area contributed by atoms with Crippen molar-refractivity contribution >= 4 is 21.7 Å². The van der Waals surface area contributed by atoms with Crippen LogP contribution in [0.25, 0.3) is 0 Å². The largest absolute Gasteiger partial charge is 0.495 e. The van der Waals surface area contributed by atoms with Crippen LogP contribution in [0, 0.1) is 0 Å². The molecule has 0 spiro atoms. The summed E-state index contributed by atoms with van der Waals surface area (Å²) in [7, 11) is -2.49. The fourth-order valence-corrected chi connectivity index (χ4v) is 4.92. The van der Waals surface area contributed by atoms with E-state index in [1.165, 1.54) is 25.3 Å². The van der Waals surface area contributed by atoms with Gasteiger partial charge in [-0.3, -0.25) is 4.79 Å². The molecular weight excluding hydrogens is 432 g/mol. The summed E-state index contributed by atoms with van der Waals surface area (Å²) in [6, 6.07) is 8.11. The van der Waals surface area contributed by atoms with Gasteiger partial charge in [-0.1, -0.05) is 0 Å². The number of carbonyl (C=O) groups excluding carboxylic acids is 1. The van der Waals surface area contributed by atoms with Gasteiger partial charge < -0.3 is 19.7 Å². The highest BCUT2D eigenvalue weighted by molar-refractivity contribution is 7.89. The molecule has 1 saturated heterocycles. The second kappa shape index (κ2) is 9.85. The summed E-state index contributed by atoms with van der Waals surface area (Å²) in [6.45, 7) is 8.38. The number of nitrogens with one attached hydrogen (secondary N) is 2. The highest BCUT2D eigenvalue weighted by Gasteiger charge is 2.26. The molecule has 1 aliphatic heterocycles. The third-order valence-electron chi connectivity index (χ3n) is 4.75. The Labute approximate surface area is 189 Å². The number of pyridine rings is 1. The Kier molecular flexibility index (Phi) is 7.37. The number of benzene rings is 1. The van der Waals surface area contributed by atoms with Crippen LogP contribution < -0.4 is 19.7 Å². The van der Waals surface area contributed by atoms with Crippen molar-refractivity contribution in [3.05, 3.63) is 47.7 Å². The van der Waals surface area contributed by atoms with Crippen LogP contribution in [0.2, 0.25) is 0 Å². The van der Waals surface area contributed by atoms with Crippen molar-refractivity contribution in [2.45, 2.75) is 37.8 Å². The Balaban J connectivity index is 1.74. The van der Waals surface area contributed by atoms with Gasteiger partial charge >= 0.3 is 0 Å². The second-order valence-corrected chi connectivity index (χ2v) is 10.2. The Hall–Kier alpha value is -2.69. The van der Waals surface area contributed by atoms with E-state index in [1.807, 2.05) is 12.1 Å². The van der Waals surface area contributed by atoms with Crippen LogP contribution in [-0.2, 0) is 21.3 Å². The summed E-state index contributed by atoms with van der Waals surface area (Å²) in [5.74, 6) is 0.623. The molecule has 1 aromatic heterocycles. The Bertz CT molecular complexity index is 1060. The van der Waals surface area contributed by atoms with E-state index in [2.05, 4.69) is 19.9 Å². The van der Waals surface area contributed by atoms with Crippen molar-refractivity contribution in [2.75, 3.05) is 38.3 Å². The molecule has 0 atom stereocenters. The molecule has 2 heterocycles. The van der Waals surface area contributed by atoms with Gasteiger partial charge in [0.25, 0.3) is 5.91 Å². The molecule has 0 aliphatic carbocycles. The zero-order chi connectivity index (χ0) is 23.4. The summed E-state index contributed by atoms with van der Waals surface area (Å²) < 4.78 is 38.8. The SMILES string of the molecule is COc1ccc(C(=O)NCc2ccnc(N3CCOCC3)c2)cc1S(=O)(=O)NC(C)(C)C. The van der Waals surface area contributed by atoms with E-state index in [0.717, 1.165) is 24.5 Å². The van der Waals surface area contributed by atoms with Crippen LogP contribution >= 0.6 is 0 Å². The molecule has 32 heavy (non-hydrogen) atoms. The summed E-state index contributed by atoms with van der Waals surface area (Å²) in [5.41, 5.74) is 0.440. The van der Waals surface area contributed by atoms with E-state index in [1.54, 1.807) is 27.0 Å². The van der Waals surface area contributed by atoms with Crippen LogP contribution in [0.5, 0.6) is 5.75 Å². The lowest BCUT2D eigenvalue weighted by Crippen LogP contribution is -2.40. The highest BCUT2D eigenvalue weighted by atomic mass is 32.2. The number of amides is 1. The fourth-order valence-electron chi connectivity index (χ4n) is 3.31. The molecule has 0 saturated carbocycles. The number of carbonyl (C=O) groups is 1. The van der Waals surface area contributed by atoms with Crippen molar-refractivity contribution in [1.82, 2.24) is 15.0 Å². The number of ether oxygens (including phenoxy) is 2. The number of aromatic nitrogens is 1. The normalized spacial score (nSPS) is 14.8. The molecule has 1 aliphatic rings. The molecule has 0 unspecified atom stereocenters. The smallest absolute Gasteiger partial charge is 0.251 e. The second-order valence-electron chi connectivity index (χ2n) is 8.53. The first-order valence-electron chi connectivity index (χ1n) is 10.4. The Morgan fingerprint density at radius 2 is 1.91 bits per heavy atom. The number of methoxy groups -OCH3 is 1. The predicted octanol–water partition coefficient (Wildman–Crippen LogP) is 1.93. The van der Waals surface area contributed by atoms with Gasteiger partial charge in [-0.05, 0) is 56.7 Å². The minimum Gasteiger partial charge on any atom is -0.495 e. The zero-order valence-corrected chi connectivity index (χ0v) is 19.7. The lowest BCUT2D eigenvalue weighted by molar-refractivity contribution is 0.0950. The van der Waals surface area contributed by atoms with Gasteiger partial charge in [0.2, 0.25) is 10.0 Å². The summed E-state index contributed by atoms with van der Waals surface area (Å²) in [4.78, 5) is 19.2. The number of nitrogens with zero attached hydrogens (tertiary/aromatic N) is 2. The van der Waals surface area contributed by atoms with Gasteiger partial charge in [0.05, 0.1) is 20.3 Å². The number of hydrogen-bond donors (Lipinski definition) is 2. The van der Waals surface area contributed by atoms with Gasteiger partial charge in [-0.2, -0.15) is 0 Å². The Morgan fingerprint density at radius 3 is 2.56 bits per heavy atom. The van der Waals surface area contributed by atoms with Crippen molar-refractivity contribution in [3.63, 3.8) is 0 Å². The van der Waals surface area contributed by atoms with Gasteiger partial charge in [0.15, 0.2) is 0 Å². The third-order valence-corrected chi connectivity index (χ3v) is 6.53. The topological polar surface area (TPSA) is 110 Å². The van der Waals surface area contributed by atoms with E-state index < -0.39 is 15.6 Å². The van der Waals surface area contributed by atoms with E-state index >= 15 is 0 Å². The Morgan fingerprint density at radius 1 is 1.19 bits per heavy atom. The van der Waals surface area contributed by atoms with Gasteiger partial charge in [-0.15, -0.1) is 0 Å². The lowest BCUT2D eigenvalue weighted by Gasteiger charge is -2.28. The van der Waals surface area contributed by atoms with Crippen molar-refractivity contribution in [3.8, 4) is 5.75 Å². The average molecular weight is 463 g/mol. The van der Waals surface area contributed by atoms with Gasteiger partial charge in [0, 0.05) is 36.9 Å². The number of sulfonamides is 1. The minimum atomic E-state index is -3.88. The van der Waals surface area contributed by atoms with Crippen molar-refractivity contribution < 1.29 is 22.7 Å². The molecular formula is C22H30N4O5S. The lowest BCUT2D eigenvalue weighted by atomic mass is 10.1. The van der Waals surface area contributed by atoms with E-state index in [-0.39, 0.29) is 28.7 Å². The third kappa shape index (κ3) is 6.18. The van der Waals surface area contributed by atoms with Crippen LogP contribution in [0.4, 0.5) is 5.82 Å². The summed E-state index contributed by atoms with van der Waals surface area (Å²) in [6.07, 6.45) is 1.71. The molecule has 0 bridgehead atoms. The highest BCUT2D eigenvalue weighted by Crippen LogP contribution is 2.26. The maximum absolute atomic E-state index is 12.8.